The lowest BCUT2D eigenvalue weighted by atomic mass is 10.2. The van der Waals surface area contributed by atoms with Crippen molar-refractivity contribution in [2.45, 2.75) is 23.8 Å². The molecule has 0 amide bonds. The molecule has 1 heterocycles. The molecule has 2 rings (SSSR count). The van der Waals surface area contributed by atoms with Crippen molar-refractivity contribution in [2.24, 2.45) is 0 Å². The van der Waals surface area contributed by atoms with Crippen molar-refractivity contribution in [3.63, 3.8) is 0 Å². The van der Waals surface area contributed by atoms with E-state index in [4.69, 9.17) is 5.73 Å². The Kier molecular flexibility index (Phi) is 4.83. The SMILES string of the molecule is Nc1cc(Br)c(F)c(S(=O)(=O)NC2CCS(=O)CC2)c1. The van der Waals surface area contributed by atoms with E-state index in [1.165, 1.54) is 6.07 Å². The Bertz CT molecular complexity index is 641. The number of nitrogen functional groups attached to an aromatic ring is 1. The van der Waals surface area contributed by atoms with E-state index >= 15 is 0 Å². The predicted molar refractivity (Wildman–Crippen MR) is 79.7 cm³/mol. The van der Waals surface area contributed by atoms with Gasteiger partial charge in [-0.3, -0.25) is 4.21 Å². The molecule has 0 aliphatic carbocycles. The Balaban J connectivity index is 2.25. The second kappa shape index (κ2) is 6.08. The molecule has 20 heavy (non-hydrogen) atoms. The van der Waals surface area contributed by atoms with Crippen LogP contribution < -0.4 is 10.5 Å². The van der Waals surface area contributed by atoms with Gasteiger partial charge < -0.3 is 5.73 Å². The first kappa shape index (κ1) is 15.9. The molecule has 3 N–H and O–H groups in total. The minimum absolute atomic E-state index is 0.00243. The van der Waals surface area contributed by atoms with Crippen molar-refractivity contribution in [2.75, 3.05) is 17.2 Å². The van der Waals surface area contributed by atoms with Crippen molar-refractivity contribution < 1.29 is 17.0 Å². The van der Waals surface area contributed by atoms with Crippen LogP contribution in [0.3, 0.4) is 0 Å². The molecule has 1 fully saturated rings. The van der Waals surface area contributed by atoms with Crippen LogP contribution in [-0.4, -0.2) is 30.2 Å². The molecule has 0 unspecified atom stereocenters. The van der Waals surface area contributed by atoms with E-state index in [0.29, 0.717) is 24.3 Å². The average molecular weight is 385 g/mol. The third-order valence-corrected chi connectivity index (χ3v) is 6.50. The van der Waals surface area contributed by atoms with Gasteiger partial charge in [0.2, 0.25) is 10.0 Å². The fourth-order valence-corrected chi connectivity index (χ4v) is 5.32. The van der Waals surface area contributed by atoms with Crippen LogP contribution in [0.25, 0.3) is 0 Å². The van der Waals surface area contributed by atoms with Crippen molar-refractivity contribution in [1.29, 1.82) is 0 Å². The quantitative estimate of drug-likeness (QED) is 0.769. The minimum Gasteiger partial charge on any atom is -0.399 e. The van der Waals surface area contributed by atoms with E-state index in [-0.39, 0.29) is 16.2 Å². The molecular formula is C11H14BrFN2O3S2. The summed E-state index contributed by atoms with van der Waals surface area (Å²) in [5.41, 5.74) is 5.70. The molecule has 1 aromatic carbocycles. The maximum atomic E-state index is 13.9. The Hall–Kier alpha value is -0.510. The van der Waals surface area contributed by atoms with Gasteiger partial charge >= 0.3 is 0 Å². The number of hydrogen-bond acceptors (Lipinski definition) is 4. The first-order valence-electron chi connectivity index (χ1n) is 5.91. The van der Waals surface area contributed by atoms with E-state index in [0.717, 1.165) is 6.07 Å². The second-order valence-electron chi connectivity index (χ2n) is 4.56. The van der Waals surface area contributed by atoms with E-state index in [1.807, 2.05) is 0 Å². The molecule has 1 saturated heterocycles. The molecule has 1 aromatic rings. The van der Waals surface area contributed by atoms with Gasteiger partial charge in [-0.1, -0.05) is 0 Å². The van der Waals surface area contributed by atoms with Crippen molar-refractivity contribution >= 4 is 42.4 Å². The molecule has 5 nitrogen and oxygen atoms in total. The molecule has 0 bridgehead atoms. The summed E-state index contributed by atoms with van der Waals surface area (Å²) in [5.74, 6) is 0.0399. The molecule has 1 aliphatic heterocycles. The number of halogens is 2. The van der Waals surface area contributed by atoms with Gasteiger partial charge in [0.05, 0.1) is 4.47 Å². The highest BCUT2D eigenvalue weighted by molar-refractivity contribution is 9.10. The normalized spacial score (nSPS) is 23.7. The summed E-state index contributed by atoms with van der Waals surface area (Å²) in [5, 5.41) is 0. The zero-order chi connectivity index (χ0) is 14.9. The summed E-state index contributed by atoms with van der Waals surface area (Å²) >= 11 is 2.93. The lowest BCUT2D eigenvalue weighted by Gasteiger charge is -2.22. The Morgan fingerprint density at radius 3 is 2.55 bits per heavy atom. The van der Waals surface area contributed by atoms with Crippen LogP contribution in [0.1, 0.15) is 12.8 Å². The van der Waals surface area contributed by atoms with Crippen LogP contribution >= 0.6 is 15.9 Å². The summed E-state index contributed by atoms with van der Waals surface area (Å²) in [6, 6.07) is 2.07. The van der Waals surface area contributed by atoms with Crippen LogP contribution in [-0.2, 0) is 20.8 Å². The third-order valence-electron chi connectivity index (χ3n) is 3.02. The number of sulfonamides is 1. The maximum absolute atomic E-state index is 13.9. The van der Waals surface area contributed by atoms with E-state index in [9.17, 15) is 17.0 Å². The number of anilines is 1. The van der Waals surface area contributed by atoms with Crippen LogP contribution in [0.4, 0.5) is 10.1 Å². The largest absolute Gasteiger partial charge is 0.399 e. The average Bonchev–Trinajstić information content (AvgIpc) is 2.36. The smallest absolute Gasteiger partial charge is 0.243 e. The highest BCUT2D eigenvalue weighted by Crippen LogP contribution is 2.26. The maximum Gasteiger partial charge on any atom is 0.243 e. The monoisotopic (exact) mass is 384 g/mol. The Morgan fingerprint density at radius 1 is 1.35 bits per heavy atom. The molecule has 9 heteroatoms. The lowest BCUT2D eigenvalue weighted by Crippen LogP contribution is -2.39. The predicted octanol–water partition coefficient (Wildman–Crippen LogP) is 1.36. The van der Waals surface area contributed by atoms with E-state index in [2.05, 4.69) is 20.7 Å². The molecular weight excluding hydrogens is 371 g/mol. The van der Waals surface area contributed by atoms with Crippen molar-refractivity contribution in [1.82, 2.24) is 4.72 Å². The summed E-state index contributed by atoms with van der Waals surface area (Å²) in [6.45, 7) is 0. The first-order valence-corrected chi connectivity index (χ1v) is 9.68. The number of nitrogens with one attached hydrogen (secondary N) is 1. The molecule has 0 atom stereocenters. The van der Waals surface area contributed by atoms with E-state index in [1.54, 1.807) is 0 Å². The fraction of sp³-hybridized carbons (Fsp3) is 0.455. The molecule has 0 radical (unpaired) electrons. The van der Waals surface area contributed by atoms with Crippen molar-refractivity contribution in [3.05, 3.63) is 22.4 Å². The number of benzene rings is 1. The van der Waals surface area contributed by atoms with Crippen LogP contribution in [0.2, 0.25) is 0 Å². The minimum atomic E-state index is -3.99. The van der Waals surface area contributed by atoms with Gasteiger partial charge in [-0.15, -0.1) is 0 Å². The van der Waals surface area contributed by atoms with Gasteiger partial charge in [0.1, 0.15) is 4.90 Å². The highest BCUT2D eigenvalue weighted by Gasteiger charge is 2.27. The van der Waals surface area contributed by atoms with Crippen LogP contribution in [0, 0.1) is 5.82 Å². The first-order chi connectivity index (χ1) is 9.29. The van der Waals surface area contributed by atoms with Gasteiger partial charge in [0.15, 0.2) is 5.82 Å². The zero-order valence-electron chi connectivity index (χ0n) is 10.4. The zero-order valence-corrected chi connectivity index (χ0v) is 13.7. The molecule has 0 spiro atoms. The number of rotatable bonds is 3. The van der Waals surface area contributed by atoms with Crippen LogP contribution in [0.5, 0.6) is 0 Å². The standard InChI is InChI=1S/C11H14BrFN2O3S2/c12-9-5-7(14)6-10(11(9)13)20(17,18)15-8-1-3-19(16)4-2-8/h5-6,8,15H,1-4,14H2. The van der Waals surface area contributed by atoms with Gasteiger partial charge in [-0.25, -0.2) is 17.5 Å². The van der Waals surface area contributed by atoms with Gasteiger partial charge in [-0.05, 0) is 40.9 Å². The van der Waals surface area contributed by atoms with Crippen LogP contribution in [0.15, 0.2) is 21.5 Å². The summed E-state index contributed by atoms with van der Waals surface area (Å²) in [4.78, 5) is -0.476. The number of nitrogens with two attached hydrogens (primary N) is 1. The molecule has 0 aromatic heterocycles. The van der Waals surface area contributed by atoms with E-state index < -0.39 is 31.5 Å². The lowest BCUT2D eigenvalue weighted by molar-refractivity contribution is 0.513. The third kappa shape index (κ3) is 3.57. The topological polar surface area (TPSA) is 89.3 Å². The van der Waals surface area contributed by atoms with Crippen molar-refractivity contribution in [3.8, 4) is 0 Å². The molecule has 112 valence electrons. The van der Waals surface area contributed by atoms with Gasteiger partial charge in [0.25, 0.3) is 0 Å². The molecule has 1 aliphatic rings. The highest BCUT2D eigenvalue weighted by atomic mass is 79.9. The summed E-state index contributed by atoms with van der Waals surface area (Å²) in [6.07, 6.45) is 0.966. The number of hydrogen-bond donors (Lipinski definition) is 2. The second-order valence-corrected chi connectivity index (χ2v) is 8.79. The molecule has 0 saturated carbocycles. The fourth-order valence-electron chi connectivity index (χ4n) is 1.97. The summed E-state index contributed by atoms with van der Waals surface area (Å²) < 4.78 is 52.0. The van der Waals surface area contributed by atoms with Gasteiger partial charge in [0, 0.05) is 34.0 Å². The Morgan fingerprint density at radius 2 is 1.95 bits per heavy atom. The Labute approximate surface area is 127 Å². The van der Waals surface area contributed by atoms with Gasteiger partial charge in [-0.2, -0.15) is 0 Å². The summed E-state index contributed by atoms with van der Waals surface area (Å²) in [7, 11) is -4.87.